The number of aryl methyl sites for hydroxylation is 1. The lowest BCUT2D eigenvalue weighted by Crippen LogP contribution is -2.25. The maximum absolute atomic E-state index is 14.5. The third kappa shape index (κ3) is 4.29. The van der Waals surface area contributed by atoms with Gasteiger partial charge in [-0.2, -0.15) is 0 Å². The molecule has 1 heterocycles. The van der Waals surface area contributed by atoms with E-state index in [0.717, 1.165) is 47.2 Å². The summed E-state index contributed by atoms with van der Waals surface area (Å²) < 4.78 is 71.1. The number of halogens is 5. The highest BCUT2D eigenvalue weighted by Gasteiger charge is 2.32. The zero-order valence-electron chi connectivity index (χ0n) is 15.1. The zero-order chi connectivity index (χ0) is 22.2. The van der Waals surface area contributed by atoms with E-state index in [1.54, 1.807) is 0 Å². The van der Waals surface area contributed by atoms with Gasteiger partial charge in [0.05, 0.1) is 0 Å². The molecule has 11 heteroatoms. The molecule has 3 aromatic rings. The Morgan fingerprint density at radius 2 is 1.80 bits per heavy atom. The topological polar surface area (TPSA) is 87.2 Å². The van der Waals surface area contributed by atoms with Crippen LogP contribution in [0.15, 0.2) is 47.4 Å². The van der Waals surface area contributed by atoms with Crippen molar-refractivity contribution in [2.45, 2.75) is 6.36 Å². The van der Waals surface area contributed by atoms with Crippen LogP contribution in [0.3, 0.4) is 0 Å². The Hall–Kier alpha value is -3.76. The van der Waals surface area contributed by atoms with Gasteiger partial charge in [-0.05, 0) is 35.9 Å². The van der Waals surface area contributed by atoms with Crippen molar-refractivity contribution in [1.29, 1.82) is 0 Å². The van der Waals surface area contributed by atoms with E-state index in [-0.39, 0.29) is 16.8 Å². The van der Waals surface area contributed by atoms with Crippen LogP contribution < -0.4 is 16.0 Å². The molecular weight excluding hydrogens is 413 g/mol. The number of nitrogens with two attached hydrogens (primary N) is 1. The fourth-order valence-electron chi connectivity index (χ4n) is 2.72. The number of carbonyl (C=O) groups is 1. The standard InChI is InChI=1S/C19H12F5N3O3/c1-27-8-14(17(25)28)26-16(18(27)29)12-6-9(2-4-13(12)21)11-7-10(20)3-5-15(11)30-19(22,23)24/h2-8H,1H3,(H2,25,28). The lowest BCUT2D eigenvalue weighted by Gasteiger charge is -2.14. The van der Waals surface area contributed by atoms with Gasteiger partial charge in [-0.3, -0.25) is 9.59 Å². The van der Waals surface area contributed by atoms with Gasteiger partial charge in [0.15, 0.2) is 0 Å². The Kier molecular flexibility index (Phi) is 5.29. The summed E-state index contributed by atoms with van der Waals surface area (Å²) in [6, 6.07) is 5.25. The predicted molar refractivity (Wildman–Crippen MR) is 95.5 cm³/mol. The van der Waals surface area contributed by atoms with Crippen LogP contribution in [0.1, 0.15) is 10.5 Å². The molecule has 2 N–H and O–H groups in total. The Balaban J connectivity index is 2.23. The van der Waals surface area contributed by atoms with E-state index in [1.165, 1.54) is 7.05 Å². The van der Waals surface area contributed by atoms with Crippen LogP contribution in [0.4, 0.5) is 22.0 Å². The number of primary amides is 1. The zero-order valence-corrected chi connectivity index (χ0v) is 15.1. The molecule has 1 amide bonds. The fraction of sp³-hybridized carbons (Fsp3) is 0.105. The number of hydrogen-bond acceptors (Lipinski definition) is 4. The van der Waals surface area contributed by atoms with Gasteiger partial charge in [-0.15, -0.1) is 13.2 Å². The van der Waals surface area contributed by atoms with Crippen molar-refractivity contribution in [1.82, 2.24) is 9.55 Å². The van der Waals surface area contributed by atoms with E-state index in [1.807, 2.05) is 0 Å². The molecule has 0 aliphatic heterocycles. The minimum absolute atomic E-state index is 0.0847. The molecule has 0 spiro atoms. The minimum Gasteiger partial charge on any atom is -0.405 e. The molecule has 0 saturated heterocycles. The number of hydrogen-bond donors (Lipinski definition) is 1. The van der Waals surface area contributed by atoms with Crippen molar-refractivity contribution in [3.63, 3.8) is 0 Å². The van der Waals surface area contributed by atoms with Gasteiger partial charge in [0.1, 0.15) is 28.8 Å². The van der Waals surface area contributed by atoms with Gasteiger partial charge < -0.3 is 15.0 Å². The summed E-state index contributed by atoms with van der Waals surface area (Å²) in [4.78, 5) is 27.6. The molecule has 0 aliphatic carbocycles. The smallest absolute Gasteiger partial charge is 0.405 e. The summed E-state index contributed by atoms with van der Waals surface area (Å²) in [5.74, 6) is -3.52. The van der Waals surface area contributed by atoms with Crippen molar-refractivity contribution in [2.24, 2.45) is 12.8 Å². The maximum Gasteiger partial charge on any atom is 0.573 e. The molecule has 0 unspecified atom stereocenters. The summed E-state index contributed by atoms with van der Waals surface area (Å²) in [6.45, 7) is 0. The first-order valence-electron chi connectivity index (χ1n) is 8.19. The average molecular weight is 425 g/mol. The van der Waals surface area contributed by atoms with E-state index < -0.39 is 46.5 Å². The first kappa shape index (κ1) is 21.0. The molecule has 0 bridgehead atoms. The maximum atomic E-state index is 14.5. The molecule has 2 aromatic carbocycles. The number of rotatable bonds is 4. The van der Waals surface area contributed by atoms with Gasteiger partial charge in [0.2, 0.25) is 0 Å². The van der Waals surface area contributed by atoms with E-state index >= 15 is 0 Å². The number of nitrogens with zero attached hydrogens (tertiary/aromatic N) is 2. The van der Waals surface area contributed by atoms with Gasteiger partial charge in [0, 0.05) is 24.4 Å². The quantitative estimate of drug-likeness (QED) is 0.650. The molecule has 30 heavy (non-hydrogen) atoms. The number of amides is 1. The number of carbonyl (C=O) groups excluding carboxylic acids is 1. The number of ether oxygens (including phenoxy) is 1. The second-order valence-corrected chi connectivity index (χ2v) is 6.14. The minimum atomic E-state index is -5.05. The second-order valence-electron chi connectivity index (χ2n) is 6.14. The highest BCUT2D eigenvalue weighted by molar-refractivity contribution is 5.91. The normalized spacial score (nSPS) is 11.4. The highest BCUT2D eigenvalue weighted by atomic mass is 19.4. The summed E-state index contributed by atoms with van der Waals surface area (Å²) in [5.41, 5.74) is 2.70. The number of alkyl halides is 3. The van der Waals surface area contributed by atoms with Gasteiger partial charge in [-0.25, -0.2) is 13.8 Å². The molecule has 0 radical (unpaired) electrons. The molecule has 6 nitrogen and oxygen atoms in total. The molecule has 3 rings (SSSR count). The van der Waals surface area contributed by atoms with E-state index in [9.17, 15) is 31.5 Å². The lowest BCUT2D eigenvalue weighted by molar-refractivity contribution is -0.274. The largest absolute Gasteiger partial charge is 0.573 e. The van der Waals surface area contributed by atoms with Crippen molar-refractivity contribution in [2.75, 3.05) is 0 Å². The first-order valence-corrected chi connectivity index (χ1v) is 8.19. The van der Waals surface area contributed by atoms with Crippen LogP contribution in [0.2, 0.25) is 0 Å². The Bertz CT molecular complexity index is 1200. The molecular formula is C19H12F5N3O3. The molecule has 0 saturated carbocycles. The van der Waals surface area contributed by atoms with Crippen LogP contribution in [0, 0.1) is 11.6 Å². The van der Waals surface area contributed by atoms with Gasteiger partial charge in [0.25, 0.3) is 11.5 Å². The lowest BCUT2D eigenvalue weighted by atomic mass is 10.00. The predicted octanol–water partition coefficient (Wildman–Crippen LogP) is 3.39. The van der Waals surface area contributed by atoms with Crippen molar-refractivity contribution < 1.29 is 31.5 Å². The summed E-state index contributed by atoms with van der Waals surface area (Å²) in [6.07, 6.45) is -4.00. The number of aromatic nitrogens is 2. The Morgan fingerprint density at radius 1 is 1.10 bits per heavy atom. The molecule has 0 atom stereocenters. The monoisotopic (exact) mass is 425 g/mol. The van der Waals surface area contributed by atoms with Crippen LogP contribution in [-0.4, -0.2) is 21.8 Å². The van der Waals surface area contributed by atoms with Crippen molar-refractivity contribution in [3.05, 3.63) is 70.3 Å². The highest BCUT2D eigenvalue weighted by Crippen LogP contribution is 2.36. The average Bonchev–Trinajstić information content (AvgIpc) is 2.65. The van der Waals surface area contributed by atoms with Crippen LogP contribution in [0.25, 0.3) is 22.4 Å². The summed E-state index contributed by atoms with van der Waals surface area (Å²) in [7, 11) is 1.28. The molecule has 0 aliphatic rings. The Morgan fingerprint density at radius 3 is 2.43 bits per heavy atom. The van der Waals surface area contributed by atoms with E-state index in [4.69, 9.17) is 5.73 Å². The summed E-state index contributed by atoms with van der Waals surface area (Å²) in [5, 5.41) is 0. The third-order valence-electron chi connectivity index (χ3n) is 4.02. The van der Waals surface area contributed by atoms with Crippen LogP contribution in [0.5, 0.6) is 5.75 Å². The molecule has 156 valence electrons. The Labute approximate surface area is 165 Å². The van der Waals surface area contributed by atoms with Gasteiger partial charge >= 0.3 is 6.36 Å². The second kappa shape index (κ2) is 7.58. The van der Waals surface area contributed by atoms with Crippen molar-refractivity contribution in [3.8, 4) is 28.1 Å². The number of benzene rings is 2. The van der Waals surface area contributed by atoms with E-state index in [0.29, 0.717) is 0 Å². The molecule has 1 aromatic heterocycles. The van der Waals surface area contributed by atoms with Crippen molar-refractivity contribution >= 4 is 5.91 Å². The van der Waals surface area contributed by atoms with Crippen LogP contribution in [-0.2, 0) is 7.05 Å². The first-order chi connectivity index (χ1) is 14.0. The van der Waals surface area contributed by atoms with E-state index in [2.05, 4.69) is 9.72 Å². The third-order valence-corrected chi connectivity index (χ3v) is 4.02. The molecule has 0 fully saturated rings. The SMILES string of the molecule is Cn1cc(C(N)=O)nc(-c2cc(-c3cc(F)ccc3OC(F)(F)F)ccc2F)c1=O. The fourth-order valence-corrected chi connectivity index (χ4v) is 2.72. The van der Waals surface area contributed by atoms with Gasteiger partial charge in [-0.1, -0.05) is 6.07 Å². The van der Waals surface area contributed by atoms with Crippen LogP contribution >= 0.6 is 0 Å². The summed E-state index contributed by atoms with van der Waals surface area (Å²) >= 11 is 0.